The van der Waals surface area contributed by atoms with Crippen molar-refractivity contribution in [3.05, 3.63) is 34.5 Å². The number of aldehydes is 1. The van der Waals surface area contributed by atoms with E-state index in [1.54, 1.807) is 37.8 Å². The van der Waals surface area contributed by atoms with Crippen LogP contribution in [0, 0.1) is 0 Å². The number of para-hydroxylation sites is 1. The second-order valence-electron chi connectivity index (χ2n) is 3.40. The van der Waals surface area contributed by atoms with Crippen LogP contribution in [0.25, 0.3) is 0 Å². The van der Waals surface area contributed by atoms with Crippen molar-refractivity contribution in [3.63, 3.8) is 0 Å². The van der Waals surface area contributed by atoms with Gasteiger partial charge in [-0.2, -0.15) is 0 Å². The zero-order valence-corrected chi connectivity index (χ0v) is 10.8. The standard InChI is InChI=1S/C13H12O4S/c1-15-11-4-3-5-12(16-2)13(11)17-9-6-10(7-14)18-8-9/h3-8H,1-2H3. The van der Waals surface area contributed by atoms with Crippen LogP contribution < -0.4 is 14.2 Å². The monoisotopic (exact) mass is 264 g/mol. The van der Waals surface area contributed by atoms with Crippen molar-refractivity contribution >= 4 is 17.6 Å². The maximum atomic E-state index is 10.6. The first-order valence-electron chi connectivity index (χ1n) is 5.21. The van der Waals surface area contributed by atoms with E-state index >= 15 is 0 Å². The summed E-state index contributed by atoms with van der Waals surface area (Å²) in [6.07, 6.45) is 0.789. The summed E-state index contributed by atoms with van der Waals surface area (Å²) in [5.41, 5.74) is 0. The molecule has 18 heavy (non-hydrogen) atoms. The average molecular weight is 264 g/mol. The second kappa shape index (κ2) is 5.55. The maximum absolute atomic E-state index is 10.6. The number of methoxy groups -OCH3 is 2. The lowest BCUT2D eigenvalue weighted by molar-refractivity contribution is 0.112. The van der Waals surface area contributed by atoms with Crippen molar-refractivity contribution in [2.75, 3.05) is 14.2 Å². The topological polar surface area (TPSA) is 44.8 Å². The van der Waals surface area contributed by atoms with Gasteiger partial charge in [-0.15, -0.1) is 11.3 Å². The first-order chi connectivity index (χ1) is 8.78. The number of ether oxygens (including phenoxy) is 3. The van der Waals surface area contributed by atoms with E-state index in [4.69, 9.17) is 14.2 Å². The van der Waals surface area contributed by atoms with Gasteiger partial charge in [0.1, 0.15) is 5.75 Å². The van der Waals surface area contributed by atoms with Gasteiger partial charge in [0.2, 0.25) is 5.75 Å². The minimum Gasteiger partial charge on any atom is -0.493 e. The average Bonchev–Trinajstić information content (AvgIpc) is 2.86. The van der Waals surface area contributed by atoms with Crippen LogP contribution in [0.5, 0.6) is 23.0 Å². The maximum Gasteiger partial charge on any atom is 0.211 e. The van der Waals surface area contributed by atoms with Crippen LogP contribution >= 0.6 is 11.3 Å². The van der Waals surface area contributed by atoms with Crippen molar-refractivity contribution in [2.24, 2.45) is 0 Å². The summed E-state index contributed by atoms with van der Waals surface area (Å²) in [5, 5.41) is 1.76. The Balaban J connectivity index is 2.34. The Morgan fingerprint density at radius 2 is 1.83 bits per heavy atom. The van der Waals surface area contributed by atoms with Crippen LogP contribution in [-0.4, -0.2) is 20.5 Å². The molecule has 0 fully saturated rings. The molecule has 0 radical (unpaired) electrons. The van der Waals surface area contributed by atoms with Gasteiger partial charge in [-0.1, -0.05) is 6.07 Å². The minimum atomic E-state index is 0.498. The van der Waals surface area contributed by atoms with Crippen LogP contribution in [0.4, 0.5) is 0 Å². The number of hydrogen-bond donors (Lipinski definition) is 0. The number of carbonyl (C=O) groups excluding carboxylic acids is 1. The number of hydrogen-bond acceptors (Lipinski definition) is 5. The van der Waals surface area contributed by atoms with E-state index in [2.05, 4.69) is 0 Å². The molecule has 1 aromatic heterocycles. The lowest BCUT2D eigenvalue weighted by Gasteiger charge is -2.12. The summed E-state index contributed by atoms with van der Waals surface area (Å²) in [6.45, 7) is 0. The number of benzene rings is 1. The van der Waals surface area contributed by atoms with Gasteiger partial charge in [-0.25, -0.2) is 0 Å². The SMILES string of the molecule is COc1cccc(OC)c1Oc1csc(C=O)c1. The van der Waals surface area contributed by atoms with E-state index < -0.39 is 0 Å². The molecule has 0 saturated carbocycles. The summed E-state index contributed by atoms with van der Waals surface area (Å²) in [5.74, 6) is 2.24. The fraction of sp³-hybridized carbons (Fsp3) is 0.154. The Bertz CT molecular complexity index is 525. The molecule has 1 heterocycles. The quantitative estimate of drug-likeness (QED) is 0.777. The molecule has 5 heteroatoms. The van der Waals surface area contributed by atoms with Crippen molar-refractivity contribution in [2.45, 2.75) is 0 Å². The predicted octanol–water partition coefficient (Wildman–Crippen LogP) is 3.37. The molecule has 0 aliphatic carbocycles. The van der Waals surface area contributed by atoms with E-state index in [1.807, 2.05) is 6.07 Å². The van der Waals surface area contributed by atoms with Gasteiger partial charge in [-0.3, -0.25) is 4.79 Å². The second-order valence-corrected chi connectivity index (χ2v) is 4.34. The van der Waals surface area contributed by atoms with Crippen LogP contribution in [-0.2, 0) is 0 Å². The highest BCUT2D eigenvalue weighted by Gasteiger charge is 2.13. The van der Waals surface area contributed by atoms with Gasteiger partial charge in [0, 0.05) is 11.4 Å². The van der Waals surface area contributed by atoms with Crippen molar-refractivity contribution in [3.8, 4) is 23.0 Å². The van der Waals surface area contributed by atoms with Crippen molar-refractivity contribution < 1.29 is 19.0 Å². The van der Waals surface area contributed by atoms with Crippen LogP contribution in [0.3, 0.4) is 0 Å². The molecule has 0 bridgehead atoms. The summed E-state index contributed by atoms with van der Waals surface area (Å²) in [7, 11) is 3.12. The largest absolute Gasteiger partial charge is 0.493 e. The summed E-state index contributed by atoms with van der Waals surface area (Å²) in [4.78, 5) is 11.2. The zero-order chi connectivity index (χ0) is 13.0. The smallest absolute Gasteiger partial charge is 0.211 e. The lowest BCUT2D eigenvalue weighted by atomic mass is 10.3. The highest BCUT2D eigenvalue weighted by atomic mass is 32.1. The van der Waals surface area contributed by atoms with Gasteiger partial charge < -0.3 is 14.2 Å². The molecule has 0 atom stereocenters. The molecule has 0 amide bonds. The molecule has 4 nitrogen and oxygen atoms in total. The van der Waals surface area contributed by atoms with Crippen LogP contribution in [0.15, 0.2) is 29.6 Å². The van der Waals surface area contributed by atoms with Crippen LogP contribution in [0.2, 0.25) is 0 Å². The van der Waals surface area contributed by atoms with E-state index in [0.717, 1.165) is 6.29 Å². The molecule has 0 unspecified atom stereocenters. The van der Waals surface area contributed by atoms with Gasteiger partial charge in [0.05, 0.1) is 19.1 Å². The highest BCUT2D eigenvalue weighted by molar-refractivity contribution is 7.11. The van der Waals surface area contributed by atoms with E-state index in [1.165, 1.54) is 11.3 Å². The predicted molar refractivity (Wildman–Crippen MR) is 69.3 cm³/mol. The van der Waals surface area contributed by atoms with Crippen molar-refractivity contribution in [1.82, 2.24) is 0 Å². The minimum absolute atomic E-state index is 0.498. The lowest BCUT2D eigenvalue weighted by Crippen LogP contribution is -1.93. The third kappa shape index (κ3) is 2.46. The van der Waals surface area contributed by atoms with Crippen LogP contribution in [0.1, 0.15) is 9.67 Å². The fourth-order valence-electron chi connectivity index (χ4n) is 1.49. The fourth-order valence-corrected chi connectivity index (χ4v) is 2.09. The molecule has 0 spiro atoms. The molecule has 0 aliphatic rings. The van der Waals surface area contributed by atoms with E-state index in [-0.39, 0.29) is 0 Å². The molecule has 1 aromatic carbocycles. The molecular formula is C13H12O4S. The molecule has 2 rings (SSSR count). The highest BCUT2D eigenvalue weighted by Crippen LogP contribution is 2.40. The van der Waals surface area contributed by atoms with E-state index in [9.17, 15) is 4.79 Å². The van der Waals surface area contributed by atoms with Gasteiger partial charge in [0.25, 0.3) is 0 Å². The Morgan fingerprint density at radius 3 is 2.33 bits per heavy atom. The number of thiophene rings is 1. The third-order valence-corrected chi connectivity index (χ3v) is 3.15. The summed E-state index contributed by atoms with van der Waals surface area (Å²) >= 11 is 1.32. The van der Waals surface area contributed by atoms with E-state index in [0.29, 0.717) is 27.9 Å². The number of rotatable bonds is 5. The van der Waals surface area contributed by atoms with Gasteiger partial charge in [0.15, 0.2) is 17.8 Å². The Morgan fingerprint density at radius 1 is 1.17 bits per heavy atom. The zero-order valence-electron chi connectivity index (χ0n) is 10.0. The molecule has 0 N–H and O–H groups in total. The molecule has 0 saturated heterocycles. The normalized spacial score (nSPS) is 9.89. The Hall–Kier alpha value is -2.01. The molecular weight excluding hydrogens is 252 g/mol. The summed E-state index contributed by atoms with van der Waals surface area (Å²) < 4.78 is 16.2. The Labute approximate surface area is 109 Å². The van der Waals surface area contributed by atoms with Crippen molar-refractivity contribution in [1.29, 1.82) is 0 Å². The third-order valence-electron chi connectivity index (χ3n) is 2.31. The molecule has 94 valence electrons. The van der Waals surface area contributed by atoms with Gasteiger partial charge >= 0.3 is 0 Å². The summed E-state index contributed by atoms with van der Waals surface area (Å²) in [6, 6.07) is 7.05. The molecule has 0 aliphatic heterocycles. The number of carbonyl (C=O) groups is 1. The van der Waals surface area contributed by atoms with Gasteiger partial charge in [-0.05, 0) is 12.1 Å². The Kier molecular flexibility index (Phi) is 3.84. The molecule has 2 aromatic rings. The first-order valence-corrected chi connectivity index (χ1v) is 6.09. The first kappa shape index (κ1) is 12.4.